The summed E-state index contributed by atoms with van der Waals surface area (Å²) in [7, 11) is 1.97. The molecule has 152 valence electrons. The lowest BCUT2D eigenvalue weighted by Crippen LogP contribution is -2.41. The summed E-state index contributed by atoms with van der Waals surface area (Å²) in [6.45, 7) is 0. The number of hydrogen-bond acceptors (Lipinski definition) is 6. The van der Waals surface area contributed by atoms with Crippen LogP contribution in [0.25, 0.3) is 10.4 Å². The predicted octanol–water partition coefficient (Wildman–Crippen LogP) is 4.79. The van der Waals surface area contributed by atoms with Crippen molar-refractivity contribution in [2.45, 2.75) is 43.4 Å². The van der Waals surface area contributed by atoms with Crippen molar-refractivity contribution in [3.8, 4) is 10.4 Å². The maximum atomic E-state index is 13.3. The quantitative estimate of drug-likeness (QED) is 0.556. The fraction of sp³-hybridized carbons (Fsp3) is 0.348. The summed E-state index contributed by atoms with van der Waals surface area (Å²) < 4.78 is 5.84. The summed E-state index contributed by atoms with van der Waals surface area (Å²) in [5.74, 6) is -0.575. The Hall–Kier alpha value is -1.99. The molecular weight excluding hydrogens is 402 g/mol. The van der Waals surface area contributed by atoms with E-state index in [1.807, 2.05) is 61.0 Å². The summed E-state index contributed by atoms with van der Waals surface area (Å²) in [5.41, 5.74) is -0.706. The Morgan fingerprint density at radius 1 is 1.03 bits per heavy atom. The summed E-state index contributed by atoms with van der Waals surface area (Å²) >= 11 is 2.80. The molecule has 0 bridgehead atoms. The fourth-order valence-electron chi connectivity index (χ4n) is 3.80. The molecule has 1 fully saturated rings. The van der Waals surface area contributed by atoms with E-state index >= 15 is 0 Å². The van der Waals surface area contributed by atoms with Gasteiger partial charge < -0.3 is 15.2 Å². The molecule has 4 rings (SSSR count). The smallest absolute Gasteiger partial charge is 0.349 e. The van der Waals surface area contributed by atoms with Crippen molar-refractivity contribution in [1.29, 1.82) is 0 Å². The number of benzene rings is 1. The highest BCUT2D eigenvalue weighted by Crippen LogP contribution is 2.41. The molecule has 0 aliphatic heterocycles. The molecule has 0 saturated heterocycles. The highest BCUT2D eigenvalue weighted by atomic mass is 32.1. The lowest BCUT2D eigenvalue weighted by molar-refractivity contribution is -0.169. The van der Waals surface area contributed by atoms with Crippen molar-refractivity contribution < 1.29 is 14.6 Å². The van der Waals surface area contributed by atoms with E-state index in [0.717, 1.165) is 36.1 Å². The van der Waals surface area contributed by atoms with Gasteiger partial charge in [-0.15, -0.1) is 22.7 Å². The van der Waals surface area contributed by atoms with Crippen LogP contribution in [0.2, 0.25) is 0 Å². The molecule has 2 heterocycles. The van der Waals surface area contributed by atoms with Crippen LogP contribution in [-0.4, -0.2) is 30.3 Å². The summed E-state index contributed by atoms with van der Waals surface area (Å²) in [4.78, 5) is 15.4. The second kappa shape index (κ2) is 8.79. The first kappa shape index (κ1) is 20.3. The Labute approximate surface area is 179 Å². The van der Waals surface area contributed by atoms with Gasteiger partial charge in [0.05, 0.1) is 9.75 Å². The van der Waals surface area contributed by atoms with E-state index in [9.17, 15) is 9.90 Å². The zero-order valence-corrected chi connectivity index (χ0v) is 18.0. The Morgan fingerprint density at radius 2 is 1.79 bits per heavy atom. The maximum absolute atomic E-state index is 13.3. The molecule has 6 heteroatoms. The largest absolute Gasteiger partial charge is 0.460 e. The van der Waals surface area contributed by atoms with Crippen LogP contribution in [0.3, 0.4) is 0 Å². The molecule has 3 aromatic rings. The minimum absolute atomic E-state index is 0.146. The van der Waals surface area contributed by atoms with Crippen LogP contribution < -0.4 is 5.32 Å². The van der Waals surface area contributed by atoms with Gasteiger partial charge in [0.15, 0.2) is 0 Å². The SMILES string of the molecule is CNC1CCC(OC(=O)[C@@](O)(c2cccs2)c2ccc(-c3ccccc3)s2)CC1. The lowest BCUT2D eigenvalue weighted by atomic mass is 9.92. The van der Waals surface area contributed by atoms with E-state index in [4.69, 9.17) is 4.74 Å². The number of rotatable bonds is 6. The van der Waals surface area contributed by atoms with Gasteiger partial charge in [0, 0.05) is 10.9 Å². The maximum Gasteiger partial charge on any atom is 0.349 e. The van der Waals surface area contributed by atoms with Crippen LogP contribution in [0, 0.1) is 0 Å². The van der Waals surface area contributed by atoms with E-state index in [1.54, 1.807) is 6.07 Å². The summed E-state index contributed by atoms with van der Waals surface area (Å²) in [5, 5.41) is 16.8. The highest BCUT2D eigenvalue weighted by Gasteiger charge is 2.45. The zero-order chi connectivity index (χ0) is 20.3. The first-order valence-electron chi connectivity index (χ1n) is 9.91. The van der Waals surface area contributed by atoms with Gasteiger partial charge in [-0.2, -0.15) is 0 Å². The molecule has 2 aromatic heterocycles. The molecule has 1 atom stereocenters. The molecule has 4 nitrogen and oxygen atoms in total. The van der Waals surface area contributed by atoms with Crippen molar-refractivity contribution in [2.75, 3.05) is 7.05 Å². The van der Waals surface area contributed by atoms with E-state index in [0.29, 0.717) is 15.8 Å². The molecule has 0 radical (unpaired) electrons. The Balaban J connectivity index is 1.60. The van der Waals surface area contributed by atoms with Gasteiger partial charge in [0.25, 0.3) is 0 Å². The lowest BCUT2D eigenvalue weighted by Gasteiger charge is -2.31. The molecule has 0 amide bonds. The number of thiophene rings is 2. The van der Waals surface area contributed by atoms with Crippen LogP contribution in [0.4, 0.5) is 0 Å². The van der Waals surface area contributed by atoms with Gasteiger partial charge in [-0.25, -0.2) is 4.79 Å². The highest BCUT2D eigenvalue weighted by molar-refractivity contribution is 7.16. The topological polar surface area (TPSA) is 58.6 Å². The fourth-order valence-corrected chi connectivity index (χ4v) is 5.80. The van der Waals surface area contributed by atoms with Crippen LogP contribution in [0.5, 0.6) is 0 Å². The monoisotopic (exact) mass is 427 g/mol. The Morgan fingerprint density at radius 3 is 2.45 bits per heavy atom. The third-order valence-electron chi connectivity index (χ3n) is 5.55. The molecule has 0 spiro atoms. The third kappa shape index (κ3) is 4.16. The predicted molar refractivity (Wildman–Crippen MR) is 118 cm³/mol. The number of carbonyl (C=O) groups excluding carboxylic acids is 1. The van der Waals surface area contributed by atoms with Gasteiger partial charge in [-0.05, 0) is 61.9 Å². The van der Waals surface area contributed by atoms with Gasteiger partial charge in [-0.3, -0.25) is 0 Å². The number of nitrogens with one attached hydrogen (secondary N) is 1. The van der Waals surface area contributed by atoms with Crippen molar-refractivity contribution in [3.05, 3.63) is 69.7 Å². The van der Waals surface area contributed by atoms with Crippen LogP contribution in [-0.2, 0) is 15.1 Å². The molecule has 1 aliphatic carbocycles. The Bertz CT molecular complexity index is 930. The van der Waals surface area contributed by atoms with Crippen LogP contribution in [0.1, 0.15) is 35.4 Å². The molecular formula is C23H25NO3S2. The summed E-state index contributed by atoms with van der Waals surface area (Å²) in [6, 6.07) is 17.9. The number of hydrogen-bond donors (Lipinski definition) is 2. The van der Waals surface area contributed by atoms with Crippen molar-refractivity contribution >= 4 is 28.6 Å². The molecule has 2 N–H and O–H groups in total. The minimum atomic E-state index is -1.77. The zero-order valence-electron chi connectivity index (χ0n) is 16.3. The normalized spacial score (nSPS) is 21.4. The number of aliphatic hydroxyl groups is 1. The first-order chi connectivity index (χ1) is 14.1. The van der Waals surface area contributed by atoms with Crippen molar-refractivity contribution in [2.24, 2.45) is 0 Å². The number of carbonyl (C=O) groups is 1. The Kier molecular flexibility index (Phi) is 6.15. The van der Waals surface area contributed by atoms with E-state index < -0.39 is 11.6 Å². The van der Waals surface area contributed by atoms with Crippen LogP contribution in [0.15, 0.2) is 60.0 Å². The van der Waals surface area contributed by atoms with Gasteiger partial charge in [0.1, 0.15) is 6.10 Å². The van der Waals surface area contributed by atoms with Gasteiger partial charge >= 0.3 is 5.97 Å². The number of esters is 1. The average Bonchev–Trinajstić information content (AvgIpc) is 3.47. The first-order valence-corrected chi connectivity index (χ1v) is 11.6. The van der Waals surface area contributed by atoms with Crippen molar-refractivity contribution in [3.63, 3.8) is 0 Å². The molecule has 1 aliphatic rings. The standard InChI is InChI=1S/C23H25NO3S2/c1-24-17-9-11-18(12-10-17)27-22(25)23(26,20-8-5-15-28-20)21-14-13-19(29-21)16-6-3-2-4-7-16/h2-8,13-15,17-18,24,26H,9-12H2,1H3/t17?,18?,23-/m1/s1. The molecule has 29 heavy (non-hydrogen) atoms. The number of ether oxygens (including phenoxy) is 1. The van der Waals surface area contributed by atoms with E-state index in [-0.39, 0.29) is 6.10 Å². The minimum Gasteiger partial charge on any atom is -0.460 e. The molecule has 0 unspecified atom stereocenters. The van der Waals surface area contributed by atoms with Gasteiger partial charge in [0.2, 0.25) is 5.60 Å². The second-order valence-electron chi connectivity index (χ2n) is 7.39. The van der Waals surface area contributed by atoms with E-state index in [1.165, 1.54) is 22.7 Å². The molecule has 1 aromatic carbocycles. The van der Waals surface area contributed by atoms with Gasteiger partial charge in [-0.1, -0.05) is 36.4 Å². The molecule has 1 saturated carbocycles. The summed E-state index contributed by atoms with van der Waals surface area (Å²) in [6.07, 6.45) is 3.44. The third-order valence-corrected chi connectivity index (χ3v) is 7.77. The second-order valence-corrected chi connectivity index (χ2v) is 9.42. The van der Waals surface area contributed by atoms with Crippen LogP contribution >= 0.6 is 22.7 Å². The van der Waals surface area contributed by atoms with Crippen molar-refractivity contribution in [1.82, 2.24) is 5.32 Å². The average molecular weight is 428 g/mol. The van der Waals surface area contributed by atoms with E-state index in [2.05, 4.69) is 5.32 Å².